The Morgan fingerprint density at radius 2 is 1.65 bits per heavy atom. The standard InChI is InChI=1S/C30H32Cl2N2O2S/c1-21-11-14-25(15-12-21)37-20-29(35)34(19-23-13-16-26(31)27(32)17-23)28(18-22-7-3-2-4-8-22)30(36)33-24-9-5-6-10-24/h2-4,7-8,11-17,24,28H,5-6,9-10,18-20H2,1H3,(H,33,36)/t28-/m1/s1. The number of carbonyl (C=O) groups is 2. The van der Waals surface area contributed by atoms with E-state index in [9.17, 15) is 9.59 Å². The monoisotopic (exact) mass is 554 g/mol. The van der Waals surface area contributed by atoms with Crippen molar-refractivity contribution in [2.45, 2.75) is 62.6 Å². The Balaban J connectivity index is 1.62. The maximum absolute atomic E-state index is 13.8. The lowest BCUT2D eigenvalue weighted by molar-refractivity contribution is -0.139. The van der Waals surface area contributed by atoms with Gasteiger partial charge in [0.1, 0.15) is 6.04 Å². The molecule has 0 heterocycles. The van der Waals surface area contributed by atoms with Crippen molar-refractivity contribution < 1.29 is 9.59 Å². The lowest BCUT2D eigenvalue weighted by Crippen LogP contribution is -2.52. The number of carbonyl (C=O) groups excluding carboxylic acids is 2. The second-order valence-corrected chi connectivity index (χ2v) is 11.4. The Kier molecular flexibility index (Phi) is 9.95. The molecule has 0 bridgehead atoms. The Labute approximate surface area is 233 Å². The van der Waals surface area contributed by atoms with Crippen LogP contribution in [0.25, 0.3) is 0 Å². The van der Waals surface area contributed by atoms with E-state index in [1.165, 1.54) is 17.3 Å². The number of nitrogens with one attached hydrogen (secondary N) is 1. The van der Waals surface area contributed by atoms with Crippen molar-refractivity contribution >= 4 is 46.8 Å². The van der Waals surface area contributed by atoms with Gasteiger partial charge in [0.15, 0.2) is 0 Å². The summed E-state index contributed by atoms with van der Waals surface area (Å²) in [5, 5.41) is 4.12. The van der Waals surface area contributed by atoms with Gasteiger partial charge >= 0.3 is 0 Å². The molecule has 1 aliphatic rings. The molecule has 1 saturated carbocycles. The minimum atomic E-state index is -0.649. The topological polar surface area (TPSA) is 49.4 Å². The lowest BCUT2D eigenvalue weighted by atomic mass is 10.0. The average molecular weight is 556 g/mol. The van der Waals surface area contributed by atoms with Crippen LogP contribution in [0.15, 0.2) is 77.7 Å². The van der Waals surface area contributed by atoms with Crippen molar-refractivity contribution in [3.05, 3.63) is 99.5 Å². The third kappa shape index (κ3) is 8.00. The van der Waals surface area contributed by atoms with Crippen LogP contribution >= 0.6 is 35.0 Å². The molecular formula is C30H32Cl2N2O2S. The third-order valence-electron chi connectivity index (χ3n) is 6.69. The van der Waals surface area contributed by atoms with Crippen molar-refractivity contribution in [1.82, 2.24) is 10.2 Å². The van der Waals surface area contributed by atoms with Crippen LogP contribution < -0.4 is 5.32 Å². The van der Waals surface area contributed by atoms with Crippen molar-refractivity contribution in [3.8, 4) is 0 Å². The first-order chi connectivity index (χ1) is 17.9. The van der Waals surface area contributed by atoms with Crippen LogP contribution in [-0.4, -0.2) is 34.6 Å². The van der Waals surface area contributed by atoms with Gasteiger partial charge < -0.3 is 10.2 Å². The van der Waals surface area contributed by atoms with E-state index >= 15 is 0 Å². The summed E-state index contributed by atoms with van der Waals surface area (Å²) in [6, 6.07) is 22.8. The van der Waals surface area contributed by atoms with Crippen molar-refractivity contribution in [2.75, 3.05) is 5.75 Å². The molecule has 7 heteroatoms. The Bertz CT molecular complexity index is 1200. The van der Waals surface area contributed by atoms with Crippen molar-refractivity contribution in [3.63, 3.8) is 0 Å². The average Bonchev–Trinajstić information content (AvgIpc) is 3.41. The van der Waals surface area contributed by atoms with Crippen molar-refractivity contribution in [1.29, 1.82) is 0 Å². The molecule has 0 aliphatic heterocycles. The van der Waals surface area contributed by atoms with Crippen LogP contribution in [0.1, 0.15) is 42.4 Å². The summed E-state index contributed by atoms with van der Waals surface area (Å²) in [7, 11) is 0. The molecule has 37 heavy (non-hydrogen) atoms. The Hall–Kier alpha value is -2.47. The summed E-state index contributed by atoms with van der Waals surface area (Å²) in [5.74, 6) is 0.0236. The second-order valence-electron chi connectivity index (χ2n) is 9.57. The van der Waals surface area contributed by atoms with Gasteiger partial charge in [-0.3, -0.25) is 9.59 Å². The molecule has 3 aromatic carbocycles. The zero-order valence-corrected chi connectivity index (χ0v) is 23.3. The molecule has 1 atom stereocenters. The molecule has 4 rings (SSSR count). The molecule has 1 fully saturated rings. The number of thioether (sulfide) groups is 1. The van der Waals surface area contributed by atoms with Gasteiger partial charge in [-0.05, 0) is 55.2 Å². The number of amides is 2. The van der Waals surface area contributed by atoms with E-state index in [2.05, 4.69) is 5.32 Å². The highest BCUT2D eigenvalue weighted by Crippen LogP contribution is 2.26. The molecule has 3 aromatic rings. The van der Waals surface area contributed by atoms with E-state index in [0.29, 0.717) is 16.5 Å². The van der Waals surface area contributed by atoms with Gasteiger partial charge in [0, 0.05) is 23.9 Å². The molecule has 0 aromatic heterocycles. The summed E-state index contributed by atoms with van der Waals surface area (Å²) >= 11 is 13.9. The third-order valence-corrected chi connectivity index (χ3v) is 8.43. The molecule has 0 radical (unpaired) electrons. The van der Waals surface area contributed by atoms with Gasteiger partial charge in [-0.15, -0.1) is 11.8 Å². The van der Waals surface area contributed by atoms with Gasteiger partial charge in [-0.1, -0.05) is 90.1 Å². The zero-order chi connectivity index (χ0) is 26.2. The summed E-state index contributed by atoms with van der Waals surface area (Å²) in [4.78, 5) is 30.2. The number of halogens is 2. The molecule has 1 aliphatic carbocycles. The van der Waals surface area contributed by atoms with Gasteiger partial charge in [-0.2, -0.15) is 0 Å². The highest BCUT2D eigenvalue weighted by atomic mass is 35.5. The molecule has 0 spiro atoms. The molecule has 1 N–H and O–H groups in total. The first-order valence-electron chi connectivity index (χ1n) is 12.7. The lowest BCUT2D eigenvalue weighted by Gasteiger charge is -2.32. The van der Waals surface area contributed by atoms with Crippen molar-refractivity contribution in [2.24, 2.45) is 0 Å². The SMILES string of the molecule is Cc1ccc(SCC(=O)N(Cc2ccc(Cl)c(Cl)c2)[C@H](Cc2ccccc2)C(=O)NC2CCCC2)cc1. The molecular weight excluding hydrogens is 523 g/mol. The normalized spacial score (nSPS) is 14.4. The van der Waals surface area contributed by atoms with E-state index in [0.717, 1.165) is 41.7 Å². The van der Waals surface area contributed by atoms with E-state index in [4.69, 9.17) is 23.2 Å². The largest absolute Gasteiger partial charge is 0.352 e. The van der Waals surface area contributed by atoms with Gasteiger partial charge in [-0.25, -0.2) is 0 Å². The van der Waals surface area contributed by atoms with Crippen LogP contribution in [0.4, 0.5) is 0 Å². The maximum atomic E-state index is 13.8. The molecule has 194 valence electrons. The van der Waals surface area contributed by atoms with Crippen LogP contribution in [0, 0.1) is 6.92 Å². The number of aryl methyl sites for hydroxylation is 1. The number of nitrogens with zero attached hydrogens (tertiary/aromatic N) is 1. The quantitative estimate of drug-likeness (QED) is 0.272. The molecule has 0 unspecified atom stereocenters. The summed E-state index contributed by atoms with van der Waals surface area (Å²) in [6.45, 7) is 2.30. The van der Waals surface area contributed by atoms with Crippen LogP contribution in [0.2, 0.25) is 10.0 Å². The second kappa shape index (κ2) is 13.4. The maximum Gasteiger partial charge on any atom is 0.243 e. The van der Waals surface area contributed by atoms with E-state index < -0.39 is 6.04 Å². The highest BCUT2D eigenvalue weighted by Gasteiger charge is 2.32. The number of hydrogen-bond donors (Lipinski definition) is 1. The van der Waals surface area contributed by atoms with Crippen LogP contribution in [0.5, 0.6) is 0 Å². The Morgan fingerprint density at radius 1 is 0.946 bits per heavy atom. The minimum absolute atomic E-state index is 0.0980. The highest BCUT2D eigenvalue weighted by molar-refractivity contribution is 8.00. The molecule has 2 amide bonds. The van der Waals surface area contributed by atoms with E-state index in [-0.39, 0.29) is 30.2 Å². The molecule has 0 saturated heterocycles. The first kappa shape index (κ1) is 27.6. The van der Waals surface area contributed by atoms with Crippen LogP contribution in [0.3, 0.4) is 0 Å². The predicted molar refractivity (Wildman–Crippen MR) is 153 cm³/mol. The van der Waals surface area contributed by atoms with Gasteiger partial charge in [0.25, 0.3) is 0 Å². The van der Waals surface area contributed by atoms with E-state index in [1.807, 2.05) is 67.6 Å². The first-order valence-corrected chi connectivity index (χ1v) is 14.4. The van der Waals surface area contributed by atoms with Gasteiger partial charge in [0.2, 0.25) is 11.8 Å². The zero-order valence-electron chi connectivity index (χ0n) is 21.0. The van der Waals surface area contributed by atoms with Crippen LogP contribution in [-0.2, 0) is 22.6 Å². The summed E-state index contributed by atoms with van der Waals surface area (Å²) in [5.41, 5.74) is 3.01. The summed E-state index contributed by atoms with van der Waals surface area (Å²) in [6.07, 6.45) is 4.63. The fourth-order valence-corrected chi connectivity index (χ4v) is 5.72. The Morgan fingerprint density at radius 3 is 2.32 bits per heavy atom. The summed E-state index contributed by atoms with van der Waals surface area (Å²) < 4.78 is 0. The number of rotatable bonds is 10. The minimum Gasteiger partial charge on any atom is -0.352 e. The molecule has 4 nitrogen and oxygen atoms in total. The van der Waals surface area contributed by atoms with Gasteiger partial charge in [0.05, 0.1) is 15.8 Å². The van der Waals surface area contributed by atoms with E-state index in [1.54, 1.807) is 17.0 Å². The smallest absolute Gasteiger partial charge is 0.243 e. The number of benzene rings is 3. The number of hydrogen-bond acceptors (Lipinski definition) is 3. The fraction of sp³-hybridized carbons (Fsp3) is 0.333. The predicted octanol–water partition coefficient (Wildman–Crippen LogP) is 7.09. The fourth-order valence-electron chi connectivity index (χ4n) is 4.62.